The van der Waals surface area contributed by atoms with E-state index in [1.54, 1.807) is 0 Å². The molecule has 1 aromatic rings. The Bertz CT molecular complexity index is 850. The Balaban J connectivity index is 0.00000204. The van der Waals surface area contributed by atoms with Gasteiger partial charge in [-0.15, -0.1) is 0 Å². The first-order chi connectivity index (χ1) is 14.5. The van der Waals surface area contributed by atoms with Gasteiger partial charge in [0, 0.05) is 37.4 Å². The Labute approximate surface area is 198 Å². The minimum Gasteiger partial charge on any atom is -1.00 e. The molecule has 4 nitrogen and oxygen atoms in total. The Morgan fingerprint density at radius 1 is 1.10 bits per heavy atom. The fourth-order valence-corrected chi connectivity index (χ4v) is 9.65. The van der Waals surface area contributed by atoms with Crippen molar-refractivity contribution in [2.24, 2.45) is 17.8 Å². The normalized spacial score (nSPS) is 48.0. The first-order valence-electron chi connectivity index (χ1n) is 12.6. The summed E-state index contributed by atoms with van der Waals surface area (Å²) in [5, 5.41) is 23.9. The van der Waals surface area contributed by atoms with Crippen LogP contribution < -0.4 is 21.9 Å². The summed E-state index contributed by atoms with van der Waals surface area (Å²) in [7, 11) is 2.25. The van der Waals surface area contributed by atoms with Gasteiger partial charge in [0.25, 0.3) is 0 Å². The molecule has 4 saturated heterocycles. The van der Waals surface area contributed by atoms with Crippen LogP contribution in [0.25, 0.3) is 0 Å². The maximum atomic E-state index is 12.0. The number of nitrogens with zero attached hydrogens (tertiary/aromatic N) is 2. The van der Waals surface area contributed by atoms with Gasteiger partial charge in [0.1, 0.15) is 6.04 Å². The third-order valence-electron chi connectivity index (χ3n) is 10.5. The second-order valence-electron chi connectivity index (χ2n) is 11.1. The molecule has 5 heteroatoms. The molecule has 4 unspecified atom stereocenters. The highest BCUT2D eigenvalue weighted by Crippen LogP contribution is 2.71. The van der Waals surface area contributed by atoms with Crippen LogP contribution in [0.5, 0.6) is 0 Å². The molecule has 5 aliphatic heterocycles. The molecule has 10 atom stereocenters. The number of halogens is 1. The van der Waals surface area contributed by atoms with Gasteiger partial charge in [-0.1, -0.05) is 44.9 Å². The quantitative estimate of drug-likeness (QED) is 0.454. The van der Waals surface area contributed by atoms with Gasteiger partial charge in [0.2, 0.25) is 0 Å². The van der Waals surface area contributed by atoms with Crippen molar-refractivity contribution in [3.05, 3.63) is 29.8 Å². The van der Waals surface area contributed by atoms with Gasteiger partial charge in [0.05, 0.1) is 30.1 Å². The number of quaternary nitrogens is 1. The minimum absolute atomic E-state index is 0. The van der Waals surface area contributed by atoms with Crippen LogP contribution in [-0.2, 0) is 5.41 Å². The van der Waals surface area contributed by atoms with Crippen molar-refractivity contribution >= 4 is 5.69 Å². The molecule has 6 aliphatic rings. The van der Waals surface area contributed by atoms with E-state index in [-0.39, 0.29) is 34.7 Å². The fraction of sp³-hybridized carbons (Fsp3) is 0.769. The number of hydrogen-bond acceptors (Lipinski definition) is 3. The van der Waals surface area contributed by atoms with Crippen LogP contribution in [0.4, 0.5) is 5.69 Å². The lowest BCUT2D eigenvalue weighted by molar-refractivity contribution is -1.04. The van der Waals surface area contributed by atoms with Crippen molar-refractivity contribution in [2.45, 2.75) is 94.7 Å². The number of benzene rings is 1. The molecule has 1 saturated carbocycles. The molecule has 0 aromatic heterocycles. The van der Waals surface area contributed by atoms with E-state index in [0.717, 1.165) is 23.9 Å². The van der Waals surface area contributed by atoms with Gasteiger partial charge in [-0.3, -0.25) is 4.48 Å². The van der Waals surface area contributed by atoms with Crippen molar-refractivity contribution in [1.29, 1.82) is 0 Å². The van der Waals surface area contributed by atoms with Gasteiger partial charge in [0.15, 0.2) is 6.23 Å². The summed E-state index contributed by atoms with van der Waals surface area (Å²) in [6.07, 6.45) is 7.77. The number of hydrogen-bond donors (Lipinski definition) is 2. The largest absolute Gasteiger partial charge is 1.00 e. The SMILES string of the molecule is CCCCCC[N+]12C3C[C@H](C4[C@H](O)C5(C[C@@H]41)c1ccccc1N(C)[C@@H]35)[C@H](CC)[C@H]2O.[Br-]. The smallest absolute Gasteiger partial charge is 0.194 e. The molecule has 1 spiro atoms. The molecule has 1 aromatic carbocycles. The standard InChI is InChI=1S/C26H39N2O2.BrH/c1-4-6-7-10-13-28-20-14-17(16(5-2)25(28)30)22-21(28)15-26(24(22)29)18-11-8-9-12-19(18)27(3)23(20)26;/h8-9,11-12,16-17,20-25,29-30H,4-7,10,13-15H2,1-3H3;1H/q+1;/p-1/t16-,17-,20?,21-,22?,23-,24-,25+,26?,28?;/m0./s1. The van der Waals surface area contributed by atoms with Crippen LogP contribution in [-0.4, -0.2) is 58.7 Å². The zero-order valence-electron chi connectivity index (χ0n) is 19.3. The van der Waals surface area contributed by atoms with Crippen molar-refractivity contribution < 1.29 is 31.7 Å². The monoisotopic (exact) mass is 490 g/mol. The zero-order chi connectivity index (χ0) is 20.8. The van der Waals surface area contributed by atoms with E-state index in [9.17, 15) is 10.2 Å². The molecule has 172 valence electrons. The highest BCUT2D eigenvalue weighted by molar-refractivity contribution is 5.66. The van der Waals surface area contributed by atoms with E-state index >= 15 is 0 Å². The number of aliphatic hydroxyl groups excluding tert-OH is 2. The summed E-state index contributed by atoms with van der Waals surface area (Å²) in [6, 6.07) is 10.0. The Morgan fingerprint density at radius 2 is 1.87 bits per heavy atom. The average Bonchev–Trinajstić information content (AvgIpc) is 3.14. The summed E-state index contributed by atoms with van der Waals surface area (Å²) in [5.41, 5.74) is 2.57. The average molecular weight is 492 g/mol. The summed E-state index contributed by atoms with van der Waals surface area (Å²) in [5.74, 6) is 1.18. The minimum atomic E-state index is -0.272. The molecule has 5 bridgehead atoms. The van der Waals surface area contributed by atoms with E-state index < -0.39 is 0 Å². The number of unbranched alkanes of at least 4 members (excludes halogenated alkanes) is 3. The van der Waals surface area contributed by atoms with Crippen LogP contribution in [0.1, 0.15) is 64.4 Å². The molecular formula is C26H39BrN2O2. The van der Waals surface area contributed by atoms with Crippen molar-refractivity contribution in [1.82, 2.24) is 0 Å². The van der Waals surface area contributed by atoms with Crippen LogP contribution in [0.15, 0.2) is 24.3 Å². The van der Waals surface area contributed by atoms with Gasteiger partial charge in [-0.2, -0.15) is 0 Å². The molecule has 2 N–H and O–H groups in total. The van der Waals surface area contributed by atoms with E-state index in [1.807, 2.05) is 0 Å². The van der Waals surface area contributed by atoms with Crippen LogP contribution >= 0.6 is 0 Å². The lowest BCUT2D eigenvalue weighted by Crippen LogP contribution is -3.00. The van der Waals surface area contributed by atoms with Crippen LogP contribution in [0.2, 0.25) is 0 Å². The number of piperidine rings is 4. The third kappa shape index (κ3) is 2.37. The Hall–Kier alpha value is -0.620. The summed E-state index contributed by atoms with van der Waals surface area (Å²) in [6.45, 7) is 5.62. The van der Waals surface area contributed by atoms with Crippen molar-refractivity contribution in [3.63, 3.8) is 0 Å². The molecule has 5 fully saturated rings. The summed E-state index contributed by atoms with van der Waals surface area (Å²) >= 11 is 0. The Kier molecular flexibility index (Phi) is 5.33. The first kappa shape index (κ1) is 22.2. The van der Waals surface area contributed by atoms with Gasteiger partial charge >= 0.3 is 0 Å². The molecule has 7 rings (SSSR count). The Morgan fingerprint density at radius 3 is 2.61 bits per heavy atom. The molecule has 5 heterocycles. The number of rotatable bonds is 6. The molecule has 0 radical (unpaired) electrons. The van der Waals surface area contributed by atoms with Gasteiger partial charge < -0.3 is 32.1 Å². The maximum Gasteiger partial charge on any atom is 0.194 e. The van der Waals surface area contributed by atoms with Gasteiger partial charge in [-0.05, 0) is 36.8 Å². The summed E-state index contributed by atoms with van der Waals surface area (Å²) < 4.78 is 0.894. The van der Waals surface area contributed by atoms with Crippen LogP contribution in [0.3, 0.4) is 0 Å². The van der Waals surface area contributed by atoms with E-state index in [0.29, 0.717) is 35.9 Å². The number of fused-ring (bicyclic) bond motifs is 2. The van der Waals surface area contributed by atoms with E-state index in [2.05, 4.69) is 50.1 Å². The molecule has 1 aliphatic carbocycles. The van der Waals surface area contributed by atoms with E-state index in [4.69, 9.17) is 0 Å². The number of para-hydroxylation sites is 1. The topological polar surface area (TPSA) is 43.7 Å². The third-order valence-corrected chi connectivity index (χ3v) is 10.5. The van der Waals surface area contributed by atoms with Crippen LogP contribution in [0, 0.1) is 17.8 Å². The molecule has 0 amide bonds. The van der Waals surface area contributed by atoms with Gasteiger partial charge in [-0.25, -0.2) is 0 Å². The lowest BCUT2D eigenvalue weighted by Gasteiger charge is -2.68. The highest BCUT2D eigenvalue weighted by Gasteiger charge is 2.82. The van der Waals surface area contributed by atoms with Crippen molar-refractivity contribution in [3.8, 4) is 0 Å². The lowest BCUT2D eigenvalue weighted by atomic mass is 9.60. The fourth-order valence-electron chi connectivity index (χ4n) is 9.65. The predicted molar refractivity (Wildman–Crippen MR) is 119 cm³/mol. The van der Waals surface area contributed by atoms with Crippen molar-refractivity contribution in [2.75, 3.05) is 18.5 Å². The first-order valence-corrected chi connectivity index (χ1v) is 12.6. The maximum absolute atomic E-state index is 12.0. The summed E-state index contributed by atoms with van der Waals surface area (Å²) in [4.78, 5) is 2.50. The number of anilines is 1. The highest BCUT2D eigenvalue weighted by atomic mass is 79.9. The molecule has 31 heavy (non-hydrogen) atoms. The second-order valence-corrected chi connectivity index (χ2v) is 11.1. The second kappa shape index (κ2) is 7.44. The van der Waals surface area contributed by atoms with E-state index in [1.165, 1.54) is 43.4 Å². The number of aliphatic hydroxyl groups is 2. The predicted octanol–water partition coefficient (Wildman–Crippen LogP) is 0.654. The zero-order valence-corrected chi connectivity index (χ0v) is 20.8. The number of likely N-dealkylation sites (N-methyl/N-ethyl adjacent to an activating group) is 1. The molecular weight excluding hydrogens is 452 g/mol.